The van der Waals surface area contributed by atoms with Gasteiger partial charge >= 0.3 is 5.97 Å². The number of esters is 1. The monoisotopic (exact) mass is 431 g/mol. The summed E-state index contributed by atoms with van der Waals surface area (Å²) in [7, 11) is 0. The van der Waals surface area contributed by atoms with Gasteiger partial charge in [0.2, 0.25) is 6.54 Å². The Hall–Kier alpha value is -1.33. The van der Waals surface area contributed by atoms with E-state index in [-0.39, 0.29) is 30.4 Å². The molecular formula is C20H33NO9. The van der Waals surface area contributed by atoms with Crippen LogP contribution >= 0.6 is 0 Å². The predicted molar refractivity (Wildman–Crippen MR) is 103 cm³/mol. The number of carbonyl (C=O) groups excluding carboxylic acids is 1. The molecule has 3 aliphatic rings. The lowest BCUT2D eigenvalue weighted by Crippen LogP contribution is -2.45. The number of hydrogen-bond donors (Lipinski definition) is 0. The Morgan fingerprint density at radius 3 is 2.40 bits per heavy atom. The van der Waals surface area contributed by atoms with Crippen LogP contribution in [0.25, 0.3) is 0 Å². The molecular weight excluding hydrogens is 398 g/mol. The van der Waals surface area contributed by atoms with Crippen molar-refractivity contribution in [1.82, 2.24) is 0 Å². The normalized spacial score (nSPS) is 35.4. The minimum atomic E-state index is -0.872. The predicted octanol–water partition coefficient (Wildman–Crippen LogP) is 2.26. The molecule has 0 radical (unpaired) electrons. The van der Waals surface area contributed by atoms with Gasteiger partial charge in [0.25, 0.3) is 0 Å². The number of nitrogens with zero attached hydrogens (tertiary/aromatic N) is 1. The molecule has 3 rings (SSSR count). The van der Waals surface area contributed by atoms with Gasteiger partial charge in [-0.3, -0.25) is 14.9 Å². The van der Waals surface area contributed by atoms with Gasteiger partial charge in [0.05, 0.1) is 13.0 Å². The van der Waals surface area contributed by atoms with Crippen molar-refractivity contribution in [3.8, 4) is 0 Å². The molecule has 3 fully saturated rings. The molecule has 10 nitrogen and oxygen atoms in total. The Bertz CT molecular complexity index is 650. The van der Waals surface area contributed by atoms with Gasteiger partial charge in [-0.1, -0.05) is 13.8 Å². The molecule has 0 aliphatic carbocycles. The lowest BCUT2D eigenvalue weighted by molar-refractivity contribution is -0.488. The van der Waals surface area contributed by atoms with Gasteiger partial charge in [-0.2, -0.15) is 0 Å². The van der Waals surface area contributed by atoms with Crippen molar-refractivity contribution < 1.29 is 38.1 Å². The van der Waals surface area contributed by atoms with Crippen LogP contribution < -0.4 is 0 Å². The van der Waals surface area contributed by atoms with Gasteiger partial charge in [0.15, 0.2) is 30.1 Å². The van der Waals surface area contributed by atoms with Gasteiger partial charge in [-0.15, -0.1) is 0 Å². The number of carbonyl (C=O) groups is 1. The van der Waals surface area contributed by atoms with Crippen molar-refractivity contribution in [2.45, 2.75) is 96.7 Å². The zero-order valence-corrected chi connectivity index (χ0v) is 18.5. The molecule has 0 aromatic rings. The molecule has 0 N–H and O–H groups in total. The fourth-order valence-electron chi connectivity index (χ4n) is 4.35. The van der Waals surface area contributed by atoms with Crippen molar-refractivity contribution in [2.24, 2.45) is 11.8 Å². The summed E-state index contributed by atoms with van der Waals surface area (Å²) in [5.41, 5.74) is 0. The third kappa shape index (κ3) is 5.67. The third-order valence-corrected chi connectivity index (χ3v) is 5.36. The maximum absolute atomic E-state index is 12.7. The van der Waals surface area contributed by atoms with Gasteiger partial charge in [0.1, 0.15) is 12.2 Å². The van der Waals surface area contributed by atoms with Crippen LogP contribution in [0.3, 0.4) is 0 Å². The summed E-state index contributed by atoms with van der Waals surface area (Å²) in [6, 6.07) is 0. The van der Waals surface area contributed by atoms with E-state index in [0.29, 0.717) is 6.42 Å². The quantitative estimate of drug-likeness (QED) is 0.324. The molecule has 10 heteroatoms. The van der Waals surface area contributed by atoms with Gasteiger partial charge in [-0.05, 0) is 40.0 Å². The second-order valence-corrected chi connectivity index (χ2v) is 9.61. The number of rotatable bonds is 8. The SMILES string of the molecule is CC(C)C[C@@H](CC(=O)O[C@H]1[C@H]2OC(C)(C)O[C@H]2O[C@@H]1[C@H]1COC(C)(C)O1)C[N+](=O)[O-]. The maximum atomic E-state index is 12.7. The van der Waals surface area contributed by atoms with Crippen molar-refractivity contribution in [1.29, 1.82) is 0 Å². The number of ether oxygens (including phenoxy) is 6. The molecule has 0 bridgehead atoms. The lowest BCUT2D eigenvalue weighted by Gasteiger charge is -2.29. The molecule has 172 valence electrons. The molecule has 0 aromatic heterocycles. The molecule has 3 aliphatic heterocycles. The number of fused-ring (bicyclic) bond motifs is 1. The van der Waals surface area contributed by atoms with E-state index < -0.39 is 54.2 Å². The molecule has 0 aromatic carbocycles. The van der Waals surface area contributed by atoms with Crippen LogP contribution in [-0.4, -0.2) is 66.3 Å². The molecule has 3 heterocycles. The highest BCUT2D eigenvalue weighted by molar-refractivity contribution is 5.70. The maximum Gasteiger partial charge on any atom is 0.306 e. The van der Waals surface area contributed by atoms with Crippen molar-refractivity contribution in [3.05, 3.63) is 10.1 Å². The fourth-order valence-corrected chi connectivity index (χ4v) is 4.35. The largest absolute Gasteiger partial charge is 0.456 e. The first-order valence-corrected chi connectivity index (χ1v) is 10.5. The Kier molecular flexibility index (Phi) is 6.74. The molecule has 0 saturated carbocycles. The standard InChI is InChI=1S/C20H33NO9/c1-11(2)7-12(9-21(23)24)8-14(22)26-16-15(13-10-25-19(3,4)28-13)27-18-17(16)29-20(5,6)30-18/h11-13,15-18H,7-10H2,1-6H3/t12-,13+,15+,16+,17+,18+/m0/s1. The summed E-state index contributed by atoms with van der Waals surface area (Å²) in [5, 5.41) is 11.0. The summed E-state index contributed by atoms with van der Waals surface area (Å²) < 4.78 is 35.1. The number of hydrogen-bond acceptors (Lipinski definition) is 9. The average Bonchev–Trinajstić information content (AvgIpc) is 3.16. The molecule has 0 unspecified atom stereocenters. The Balaban J connectivity index is 1.70. The molecule has 6 atom stereocenters. The minimum Gasteiger partial charge on any atom is -0.456 e. The van der Waals surface area contributed by atoms with E-state index in [1.807, 2.05) is 13.8 Å². The van der Waals surface area contributed by atoms with Crippen LogP contribution in [0.4, 0.5) is 0 Å². The second-order valence-electron chi connectivity index (χ2n) is 9.61. The Morgan fingerprint density at radius 1 is 1.13 bits per heavy atom. The summed E-state index contributed by atoms with van der Waals surface area (Å²) in [6.07, 6.45) is -2.63. The van der Waals surface area contributed by atoms with E-state index in [1.165, 1.54) is 0 Å². The van der Waals surface area contributed by atoms with Crippen LogP contribution in [0.5, 0.6) is 0 Å². The van der Waals surface area contributed by atoms with E-state index >= 15 is 0 Å². The van der Waals surface area contributed by atoms with E-state index in [1.54, 1.807) is 27.7 Å². The van der Waals surface area contributed by atoms with E-state index in [9.17, 15) is 14.9 Å². The zero-order valence-electron chi connectivity index (χ0n) is 18.5. The molecule has 0 spiro atoms. The molecule has 3 saturated heterocycles. The van der Waals surface area contributed by atoms with Gasteiger partial charge < -0.3 is 28.4 Å². The topological polar surface area (TPSA) is 116 Å². The van der Waals surface area contributed by atoms with Gasteiger partial charge in [-0.25, -0.2) is 0 Å². The van der Waals surface area contributed by atoms with E-state index in [0.717, 1.165) is 0 Å². The van der Waals surface area contributed by atoms with Crippen LogP contribution in [-0.2, 0) is 33.2 Å². The fraction of sp³-hybridized carbons (Fsp3) is 0.950. The van der Waals surface area contributed by atoms with Crippen molar-refractivity contribution >= 4 is 5.97 Å². The summed E-state index contributed by atoms with van der Waals surface area (Å²) >= 11 is 0. The van der Waals surface area contributed by atoms with E-state index in [4.69, 9.17) is 28.4 Å². The van der Waals surface area contributed by atoms with Crippen LogP contribution in [0.2, 0.25) is 0 Å². The average molecular weight is 431 g/mol. The highest BCUT2D eigenvalue weighted by Crippen LogP contribution is 2.42. The Morgan fingerprint density at radius 2 is 1.83 bits per heavy atom. The van der Waals surface area contributed by atoms with Crippen molar-refractivity contribution in [3.63, 3.8) is 0 Å². The smallest absolute Gasteiger partial charge is 0.306 e. The number of nitro groups is 1. The lowest BCUT2D eigenvalue weighted by atomic mass is 9.94. The van der Waals surface area contributed by atoms with Crippen LogP contribution in [0, 0.1) is 22.0 Å². The van der Waals surface area contributed by atoms with Gasteiger partial charge in [0, 0.05) is 10.8 Å². The highest BCUT2D eigenvalue weighted by Gasteiger charge is 2.60. The summed E-state index contributed by atoms with van der Waals surface area (Å²) in [4.78, 5) is 23.3. The first kappa shape index (κ1) is 23.3. The van der Waals surface area contributed by atoms with Crippen LogP contribution in [0.15, 0.2) is 0 Å². The highest BCUT2D eigenvalue weighted by atomic mass is 16.8. The van der Waals surface area contributed by atoms with Crippen molar-refractivity contribution in [2.75, 3.05) is 13.2 Å². The third-order valence-electron chi connectivity index (χ3n) is 5.36. The summed E-state index contributed by atoms with van der Waals surface area (Å²) in [6.45, 7) is 11.1. The summed E-state index contributed by atoms with van der Waals surface area (Å²) in [5.74, 6) is -2.33. The second kappa shape index (κ2) is 8.66. The first-order chi connectivity index (χ1) is 13.8. The minimum absolute atomic E-state index is 0.0441. The van der Waals surface area contributed by atoms with E-state index in [2.05, 4.69) is 0 Å². The zero-order chi connectivity index (χ0) is 22.3. The Labute approximate surface area is 176 Å². The molecule has 30 heavy (non-hydrogen) atoms. The first-order valence-electron chi connectivity index (χ1n) is 10.5. The van der Waals surface area contributed by atoms with Crippen LogP contribution in [0.1, 0.15) is 54.4 Å². The molecule has 0 amide bonds.